The van der Waals surface area contributed by atoms with Crippen molar-refractivity contribution in [3.8, 4) is 11.3 Å². The van der Waals surface area contributed by atoms with Crippen LogP contribution in [0.15, 0.2) is 67.4 Å². The fourth-order valence-electron chi connectivity index (χ4n) is 3.83. The summed E-state index contributed by atoms with van der Waals surface area (Å²) in [5.41, 5.74) is -2.41. The number of fused-ring (bicyclic) bond motifs is 3. The third-order valence-corrected chi connectivity index (χ3v) is 5.72. The fraction of sp³-hybridized carbons (Fsp3) is 0.240. The molecule has 0 radical (unpaired) electrons. The molecule has 1 aromatic carbocycles. The van der Waals surface area contributed by atoms with Gasteiger partial charge in [-0.2, -0.15) is 38.0 Å². The second kappa shape index (κ2) is 10.5. The Morgan fingerprint density at radius 1 is 0.971 bits per heavy atom. The van der Waals surface area contributed by atoms with Crippen LogP contribution in [0.4, 0.5) is 26.3 Å². The molecule has 1 aliphatic heterocycles. The van der Waals surface area contributed by atoms with Gasteiger partial charge < -0.3 is 5.11 Å². The molecule has 180 valence electrons. The minimum Gasteiger partial charge on any atom is -0.871 e. The number of nitrogens with zero attached hydrogens (tertiary/aromatic N) is 2. The second-order valence-corrected chi connectivity index (χ2v) is 8.21. The number of halogens is 6. The van der Waals surface area contributed by atoms with Crippen LogP contribution in [0.5, 0.6) is 0 Å². The van der Waals surface area contributed by atoms with Crippen molar-refractivity contribution >= 4 is 51.2 Å². The Morgan fingerprint density at radius 2 is 1.57 bits per heavy atom. The summed E-state index contributed by atoms with van der Waals surface area (Å²) in [5.74, 6) is 0.418. The molecule has 3 aromatic rings. The van der Waals surface area contributed by atoms with Gasteiger partial charge in [-0.25, -0.2) is 4.57 Å². The van der Waals surface area contributed by atoms with E-state index >= 15 is 0 Å². The molecule has 3 heterocycles. The molecule has 0 bridgehead atoms. The van der Waals surface area contributed by atoms with Crippen molar-refractivity contribution in [3.63, 3.8) is 0 Å². The molecule has 0 fully saturated rings. The van der Waals surface area contributed by atoms with Gasteiger partial charge in [-0.3, -0.25) is 4.98 Å². The molecule has 0 saturated carbocycles. The van der Waals surface area contributed by atoms with Crippen LogP contribution in [0, 0.1) is 5.92 Å². The number of hydrogen-bond acceptors (Lipinski definition) is 2. The zero-order chi connectivity index (χ0) is 25.5. The minimum absolute atomic E-state index is 0. The first kappa shape index (κ1) is 29.2. The maximum Gasteiger partial charge on any atom is 2.00 e. The van der Waals surface area contributed by atoms with Crippen molar-refractivity contribution in [1.82, 2.24) is 4.98 Å². The molecule has 10 heteroatoms. The van der Waals surface area contributed by atoms with Crippen LogP contribution in [0.3, 0.4) is 0 Å². The maximum atomic E-state index is 13.6. The number of hydrogen-bond donors (Lipinski definition) is 0. The fourth-order valence-corrected chi connectivity index (χ4v) is 3.83. The summed E-state index contributed by atoms with van der Waals surface area (Å²) in [4.78, 5) is 3.77. The van der Waals surface area contributed by atoms with Crippen LogP contribution in [-0.4, -0.2) is 50.5 Å². The largest absolute Gasteiger partial charge is 2.00 e. The SMILES string of the molecule is C=C([O-])c1ccccn1.C[C-]1c2ccccc2-c2cc(C(F)(F)F)cc(C(F)(F)F)[n+]2C1(C)C.[Sr+2]. The summed E-state index contributed by atoms with van der Waals surface area (Å²) in [6.07, 6.45) is -8.22. The van der Waals surface area contributed by atoms with Gasteiger partial charge in [0.1, 0.15) is 5.54 Å². The van der Waals surface area contributed by atoms with Gasteiger partial charge in [-0.15, -0.1) is 24.6 Å². The summed E-state index contributed by atoms with van der Waals surface area (Å²) in [6, 6.07) is 12.7. The standard InChI is InChI=1S/C18H15F6N.C7H7NO.Sr/c1-10-12-6-4-5-7-13(12)14-8-11(17(19,20)21)9-15(18(22,23)24)25(14)16(10,2)3;1-6(9)7-4-2-3-5-8-7;/h4-9H,1-3H3;2-5,9H,1H2;/q;;+2/p-1. The van der Waals surface area contributed by atoms with Gasteiger partial charge in [0.15, 0.2) is 5.69 Å². The third kappa shape index (κ3) is 6.05. The smallest absolute Gasteiger partial charge is 0.871 e. The summed E-state index contributed by atoms with van der Waals surface area (Å²) < 4.78 is 81.3. The van der Waals surface area contributed by atoms with Crippen molar-refractivity contribution < 1.29 is 36.0 Å². The van der Waals surface area contributed by atoms with E-state index in [-0.39, 0.29) is 63.0 Å². The molecule has 0 N–H and O–H groups in total. The number of rotatable bonds is 1. The van der Waals surface area contributed by atoms with E-state index in [1.165, 1.54) is 0 Å². The number of pyridine rings is 2. The number of aromatic nitrogens is 2. The second-order valence-electron chi connectivity index (χ2n) is 8.21. The van der Waals surface area contributed by atoms with Gasteiger partial charge in [0.25, 0.3) is 5.69 Å². The maximum absolute atomic E-state index is 13.6. The average molecular weight is 567 g/mol. The Hall–Kier alpha value is -2.01. The van der Waals surface area contributed by atoms with Gasteiger partial charge in [0, 0.05) is 18.3 Å². The van der Waals surface area contributed by atoms with Crippen LogP contribution >= 0.6 is 0 Å². The molecule has 0 spiro atoms. The first-order valence-electron chi connectivity index (χ1n) is 10.1. The van der Waals surface area contributed by atoms with E-state index in [0.29, 0.717) is 22.7 Å². The zero-order valence-electron chi connectivity index (χ0n) is 19.3. The van der Waals surface area contributed by atoms with Crippen LogP contribution in [-0.2, 0) is 17.9 Å². The first-order valence-corrected chi connectivity index (χ1v) is 10.1. The topological polar surface area (TPSA) is 39.8 Å². The van der Waals surface area contributed by atoms with E-state index in [1.54, 1.807) is 69.4 Å². The minimum atomic E-state index is -4.92. The molecule has 0 unspecified atom stereocenters. The van der Waals surface area contributed by atoms with E-state index in [2.05, 4.69) is 11.6 Å². The van der Waals surface area contributed by atoms with Crippen molar-refractivity contribution in [1.29, 1.82) is 0 Å². The van der Waals surface area contributed by atoms with Gasteiger partial charge in [-0.05, 0) is 26.0 Å². The first-order chi connectivity index (χ1) is 15.7. The monoisotopic (exact) mass is 567 g/mol. The zero-order valence-corrected chi connectivity index (χ0v) is 22.7. The summed E-state index contributed by atoms with van der Waals surface area (Å²) >= 11 is 0. The molecule has 2 aromatic heterocycles. The Kier molecular flexibility index (Phi) is 8.80. The summed E-state index contributed by atoms with van der Waals surface area (Å²) in [5, 5.41) is 10.5. The van der Waals surface area contributed by atoms with Crippen molar-refractivity contribution in [2.24, 2.45) is 0 Å². The van der Waals surface area contributed by atoms with Crippen molar-refractivity contribution in [2.45, 2.75) is 38.7 Å². The van der Waals surface area contributed by atoms with Gasteiger partial charge in [0.2, 0.25) is 0 Å². The molecule has 0 atom stereocenters. The summed E-state index contributed by atoms with van der Waals surface area (Å²) in [7, 11) is 0. The molecule has 1 aliphatic rings. The number of benzene rings is 1. The Balaban J connectivity index is 0.000000366. The average Bonchev–Trinajstić information content (AvgIpc) is 2.76. The Labute approximate surface area is 236 Å². The molecular weight excluding hydrogens is 546 g/mol. The molecule has 3 nitrogen and oxygen atoms in total. The van der Waals surface area contributed by atoms with Crippen LogP contribution in [0.2, 0.25) is 0 Å². The molecule has 35 heavy (non-hydrogen) atoms. The van der Waals surface area contributed by atoms with Gasteiger partial charge in [-0.1, -0.05) is 30.4 Å². The van der Waals surface area contributed by atoms with Crippen LogP contribution in [0.1, 0.15) is 43.3 Å². The van der Waals surface area contributed by atoms with E-state index in [4.69, 9.17) is 0 Å². The van der Waals surface area contributed by atoms with Gasteiger partial charge >= 0.3 is 57.8 Å². The van der Waals surface area contributed by atoms with Gasteiger partial charge in [0.05, 0.1) is 11.3 Å². The number of alkyl halides is 6. The van der Waals surface area contributed by atoms with Crippen LogP contribution < -0.4 is 9.67 Å². The molecule has 0 saturated heterocycles. The Morgan fingerprint density at radius 3 is 2.06 bits per heavy atom. The third-order valence-electron chi connectivity index (χ3n) is 5.72. The van der Waals surface area contributed by atoms with Crippen molar-refractivity contribution in [3.05, 3.63) is 95.8 Å². The van der Waals surface area contributed by atoms with Crippen molar-refractivity contribution in [2.75, 3.05) is 0 Å². The quantitative estimate of drug-likeness (QED) is 0.130. The molecule has 0 amide bonds. The Bertz CT molecular complexity index is 1210. The van der Waals surface area contributed by atoms with E-state index in [0.717, 1.165) is 10.6 Å². The molecule has 0 aliphatic carbocycles. The molecule has 4 rings (SSSR count). The summed E-state index contributed by atoms with van der Waals surface area (Å²) in [6.45, 7) is 8.06. The van der Waals surface area contributed by atoms with Crippen LogP contribution in [0.25, 0.3) is 17.0 Å². The van der Waals surface area contributed by atoms with E-state index in [9.17, 15) is 31.4 Å². The predicted octanol–water partition coefficient (Wildman–Crippen LogP) is 5.40. The predicted molar refractivity (Wildman–Crippen MR) is 118 cm³/mol. The normalized spacial score (nSPS) is 14.0. The molecular formula is C25H21F6N2OSr+. The van der Waals surface area contributed by atoms with E-state index < -0.39 is 29.1 Å². The van der Waals surface area contributed by atoms with E-state index in [1.807, 2.05) is 0 Å².